The summed E-state index contributed by atoms with van der Waals surface area (Å²) < 4.78 is 0. The van der Waals surface area contributed by atoms with E-state index in [2.05, 4.69) is 73.4 Å². The Labute approximate surface area is 115 Å². The third-order valence-electron chi connectivity index (χ3n) is 2.59. The molecule has 0 aliphatic rings. The van der Waals surface area contributed by atoms with Crippen molar-refractivity contribution in [3.63, 3.8) is 0 Å². The van der Waals surface area contributed by atoms with Crippen LogP contribution in [0.4, 0.5) is 0 Å². The van der Waals surface area contributed by atoms with Gasteiger partial charge in [0, 0.05) is 11.2 Å². The average Bonchev–Trinajstić information content (AvgIpc) is 1.92. The Morgan fingerprint density at radius 1 is 1.17 bits per heavy atom. The molecule has 0 bridgehead atoms. The van der Waals surface area contributed by atoms with Crippen LogP contribution in [0.25, 0.3) is 0 Å². The Kier molecular flexibility index (Phi) is 6.19. The molecule has 1 atom stereocenters. The van der Waals surface area contributed by atoms with Crippen LogP contribution in [0.3, 0.4) is 0 Å². The zero-order valence-electron chi connectivity index (χ0n) is 13.8. The molecule has 0 aliphatic heterocycles. The molecule has 0 aromatic carbocycles. The van der Waals surface area contributed by atoms with Gasteiger partial charge in [-0.3, -0.25) is 0 Å². The van der Waals surface area contributed by atoms with Crippen LogP contribution >= 0.6 is 0 Å². The van der Waals surface area contributed by atoms with Gasteiger partial charge in [-0.15, -0.1) is 0 Å². The summed E-state index contributed by atoms with van der Waals surface area (Å²) in [5.74, 6) is 0.726. The average molecular weight is 251 g/mol. The molecule has 0 radical (unpaired) electrons. The molecule has 0 aromatic rings. The van der Waals surface area contributed by atoms with Gasteiger partial charge >= 0.3 is 0 Å². The van der Waals surface area contributed by atoms with Crippen molar-refractivity contribution in [1.82, 2.24) is 5.32 Å². The topological polar surface area (TPSA) is 12.0 Å². The second-order valence-corrected chi connectivity index (χ2v) is 7.97. The maximum atomic E-state index is 4.07. The summed E-state index contributed by atoms with van der Waals surface area (Å²) in [5, 5.41) is 3.40. The number of rotatable bonds is 5. The van der Waals surface area contributed by atoms with Gasteiger partial charge in [0.25, 0.3) is 0 Å². The van der Waals surface area contributed by atoms with E-state index in [0.29, 0.717) is 5.41 Å². The molecular weight excluding hydrogens is 218 g/mol. The normalized spacial score (nSPS) is 15.4. The van der Waals surface area contributed by atoms with E-state index >= 15 is 0 Å². The van der Waals surface area contributed by atoms with Gasteiger partial charge in [0.05, 0.1) is 0 Å². The molecule has 0 aliphatic carbocycles. The van der Waals surface area contributed by atoms with Crippen molar-refractivity contribution < 1.29 is 0 Å². The van der Waals surface area contributed by atoms with Gasteiger partial charge < -0.3 is 5.32 Å². The fourth-order valence-corrected chi connectivity index (χ4v) is 2.54. The van der Waals surface area contributed by atoms with Crippen LogP contribution in [0.15, 0.2) is 23.9 Å². The summed E-state index contributed by atoms with van der Waals surface area (Å²) in [6.45, 7) is 22.0. The summed E-state index contributed by atoms with van der Waals surface area (Å²) in [7, 11) is 0. The van der Waals surface area contributed by atoms with Gasteiger partial charge in [-0.1, -0.05) is 39.8 Å². The highest BCUT2D eigenvalue weighted by Crippen LogP contribution is 2.27. The van der Waals surface area contributed by atoms with Crippen molar-refractivity contribution in [3.8, 4) is 0 Å². The Morgan fingerprint density at radius 2 is 1.67 bits per heavy atom. The van der Waals surface area contributed by atoms with Crippen molar-refractivity contribution >= 4 is 0 Å². The molecular formula is C17H33N. The van der Waals surface area contributed by atoms with Crippen molar-refractivity contribution in [1.29, 1.82) is 0 Å². The number of hydrogen-bond donors (Lipinski definition) is 1. The molecule has 0 spiro atoms. The second kappa shape index (κ2) is 6.45. The molecule has 18 heavy (non-hydrogen) atoms. The molecule has 106 valence electrons. The fraction of sp³-hybridized carbons (Fsp3) is 0.765. The molecule has 0 saturated carbocycles. The van der Waals surface area contributed by atoms with Gasteiger partial charge in [-0.25, -0.2) is 0 Å². The first-order valence-corrected chi connectivity index (χ1v) is 7.03. The molecule has 0 amide bonds. The van der Waals surface area contributed by atoms with E-state index in [4.69, 9.17) is 0 Å². The molecule has 0 heterocycles. The predicted molar refractivity (Wildman–Crippen MR) is 83.6 cm³/mol. The van der Waals surface area contributed by atoms with Crippen molar-refractivity contribution in [2.45, 2.75) is 73.8 Å². The predicted octanol–water partition coefficient (Wildman–Crippen LogP) is 5.30. The maximum Gasteiger partial charge on any atom is 0.0289 e. The first-order chi connectivity index (χ1) is 7.89. The smallest absolute Gasteiger partial charge is 0.0289 e. The molecule has 0 aromatic heterocycles. The van der Waals surface area contributed by atoms with Gasteiger partial charge in [-0.05, 0) is 57.9 Å². The van der Waals surface area contributed by atoms with E-state index in [9.17, 15) is 0 Å². The molecule has 0 fully saturated rings. The van der Waals surface area contributed by atoms with E-state index in [1.165, 1.54) is 12.0 Å². The quantitative estimate of drug-likeness (QED) is 0.654. The highest BCUT2D eigenvalue weighted by molar-refractivity contribution is 5.19. The highest BCUT2D eigenvalue weighted by atomic mass is 14.9. The number of allylic oxidation sites excluding steroid dienone is 2. The Balaban J connectivity index is 4.31. The summed E-state index contributed by atoms with van der Waals surface area (Å²) in [5.41, 5.74) is 2.93. The summed E-state index contributed by atoms with van der Waals surface area (Å²) in [6, 6.07) is 0. The van der Waals surface area contributed by atoms with Gasteiger partial charge in [0.15, 0.2) is 0 Å². The zero-order chi connectivity index (χ0) is 14.6. The van der Waals surface area contributed by atoms with Crippen LogP contribution in [0.5, 0.6) is 0 Å². The lowest BCUT2D eigenvalue weighted by molar-refractivity contribution is 0.306. The van der Waals surface area contributed by atoms with Gasteiger partial charge in [-0.2, -0.15) is 0 Å². The standard InChI is InChI=1S/C17H33N/c1-13(10-14(2)12-16(4,5)6)11-15(3)18-17(7,8)9/h11,14,18H,3,10,12H2,1-2,4-9H3/b13-11+. The summed E-state index contributed by atoms with van der Waals surface area (Å²) in [4.78, 5) is 0. The molecule has 0 saturated heterocycles. The first kappa shape index (κ1) is 17.3. The molecule has 0 rings (SSSR count). The summed E-state index contributed by atoms with van der Waals surface area (Å²) >= 11 is 0. The van der Waals surface area contributed by atoms with Crippen molar-refractivity contribution in [3.05, 3.63) is 23.9 Å². The van der Waals surface area contributed by atoms with E-state index in [1.54, 1.807) is 0 Å². The third-order valence-corrected chi connectivity index (χ3v) is 2.59. The van der Waals surface area contributed by atoms with Gasteiger partial charge in [0.2, 0.25) is 0 Å². The zero-order valence-corrected chi connectivity index (χ0v) is 13.8. The molecule has 1 nitrogen and oxygen atoms in total. The van der Waals surface area contributed by atoms with E-state index in [0.717, 1.165) is 18.0 Å². The number of hydrogen-bond acceptors (Lipinski definition) is 1. The van der Waals surface area contributed by atoms with Crippen LogP contribution < -0.4 is 5.32 Å². The second-order valence-electron chi connectivity index (χ2n) is 7.97. The van der Waals surface area contributed by atoms with Crippen LogP contribution in [-0.4, -0.2) is 5.54 Å². The van der Waals surface area contributed by atoms with E-state index in [-0.39, 0.29) is 5.54 Å². The maximum absolute atomic E-state index is 4.07. The van der Waals surface area contributed by atoms with Crippen LogP contribution in [0, 0.1) is 11.3 Å². The minimum absolute atomic E-state index is 0.0882. The van der Waals surface area contributed by atoms with Crippen LogP contribution in [0.1, 0.15) is 68.2 Å². The largest absolute Gasteiger partial charge is 0.381 e. The van der Waals surface area contributed by atoms with Crippen LogP contribution in [0.2, 0.25) is 0 Å². The lowest BCUT2D eigenvalue weighted by Crippen LogP contribution is -2.34. The SMILES string of the molecule is C=C(/C=C(\C)CC(C)CC(C)(C)C)NC(C)(C)C. The summed E-state index contributed by atoms with van der Waals surface area (Å²) in [6.07, 6.45) is 4.60. The Bertz CT molecular complexity index is 297. The van der Waals surface area contributed by atoms with Crippen molar-refractivity contribution in [2.24, 2.45) is 11.3 Å². The van der Waals surface area contributed by atoms with Crippen LogP contribution in [-0.2, 0) is 0 Å². The monoisotopic (exact) mass is 251 g/mol. The molecule has 1 N–H and O–H groups in total. The minimum Gasteiger partial charge on any atom is -0.381 e. The van der Waals surface area contributed by atoms with E-state index < -0.39 is 0 Å². The molecule has 1 heteroatoms. The molecule has 1 unspecified atom stereocenters. The van der Waals surface area contributed by atoms with Gasteiger partial charge in [0.1, 0.15) is 0 Å². The third kappa shape index (κ3) is 10.4. The fourth-order valence-electron chi connectivity index (χ4n) is 2.54. The first-order valence-electron chi connectivity index (χ1n) is 7.03. The Morgan fingerprint density at radius 3 is 2.06 bits per heavy atom. The lowest BCUT2D eigenvalue weighted by atomic mass is 9.83. The highest BCUT2D eigenvalue weighted by Gasteiger charge is 2.15. The van der Waals surface area contributed by atoms with Crippen molar-refractivity contribution in [2.75, 3.05) is 0 Å². The van der Waals surface area contributed by atoms with E-state index in [1.807, 2.05) is 0 Å². The lowest BCUT2D eigenvalue weighted by Gasteiger charge is -2.24. The number of nitrogens with one attached hydrogen (secondary N) is 1. The minimum atomic E-state index is 0.0882. The Hall–Kier alpha value is -0.720.